The number of amides is 2. The number of thiazole rings is 1. The zero-order chi connectivity index (χ0) is 45.9. The summed E-state index contributed by atoms with van der Waals surface area (Å²) in [6, 6.07) is 8.49. The predicted molar refractivity (Wildman–Crippen MR) is 251 cm³/mol. The molecule has 8 bridgehead atoms. The van der Waals surface area contributed by atoms with Gasteiger partial charge in [-0.1, -0.05) is 40.7 Å². The largest absolute Gasteiger partial charge is 0.464 e. The van der Waals surface area contributed by atoms with Crippen LogP contribution >= 0.6 is 11.3 Å². The highest BCUT2D eigenvalue weighted by molar-refractivity contribution is 7.10. The van der Waals surface area contributed by atoms with Crippen LogP contribution in [0.25, 0.3) is 33.4 Å². The van der Waals surface area contributed by atoms with E-state index in [4.69, 9.17) is 28.9 Å². The summed E-state index contributed by atoms with van der Waals surface area (Å²) in [7, 11) is 0. The van der Waals surface area contributed by atoms with Crippen molar-refractivity contribution in [3.8, 4) is 22.5 Å². The zero-order valence-corrected chi connectivity index (χ0v) is 40.4. The maximum atomic E-state index is 14.4. The molecule has 4 fully saturated rings. The fourth-order valence-electron chi connectivity index (χ4n) is 10.8. The van der Waals surface area contributed by atoms with E-state index < -0.39 is 41.1 Å². The average molecular weight is 910 g/mol. The van der Waals surface area contributed by atoms with E-state index in [1.54, 1.807) is 20.8 Å². The Hall–Kier alpha value is -4.41. The summed E-state index contributed by atoms with van der Waals surface area (Å²) in [6.07, 6.45) is 5.22. The number of cyclic esters (lactones) is 1. The molecule has 14 nitrogen and oxygen atoms in total. The first-order chi connectivity index (χ1) is 31.0. The van der Waals surface area contributed by atoms with Gasteiger partial charge in [-0.25, -0.2) is 15.2 Å². The quantitative estimate of drug-likeness (QED) is 0.182. The molecule has 2 amide bonds. The summed E-state index contributed by atoms with van der Waals surface area (Å²) >= 11 is 1.46. The van der Waals surface area contributed by atoms with Gasteiger partial charge in [0.15, 0.2) is 0 Å². The third-order valence-corrected chi connectivity index (χ3v) is 15.0. The van der Waals surface area contributed by atoms with Crippen LogP contribution in [-0.2, 0) is 41.5 Å². The number of hydrogen-bond acceptors (Lipinski definition) is 12. The number of morpholine rings is 1. The number of rotatable bonds is 6. The van der Waals surface area contributed by atoms with E-state index in [9.17, 15) is 14.4 Å². The third-order valence-electron chi connectivity index (χ3n) is 14.0. The Labute approximate surface area is 387 Å². The van der Waals surface area contributed by atoms with Crippen molar-refractivity contribution in [1.82, 2.24) is 35.2 Å². The van der Waals surface area contributed by atoms with Crippen molar-refractivity contribution in [2.75, 3.05) is 39.6 Å². The molecule has 2 N–H and O–H groups in total. The number of piperidine rings is 1. The lowest BCUT2D eigenvalue weighted by Crippen LogP contribution is -2.64. The Balaban J connectivity index is 1.15. The van der Waals surface area contributed by atoms with Gasteiger partial charge < -0.3 is 28.8 Å². The van der Waals surface area contributed by atoms with Gasteiger partial charge in [0.2, 0.25) is 0 Å². The molecule has 8 heterocycles. The van der Waals surface area contributed by atoms with Gasteiger partial charge in [-0.2, -0.15) is 0 Å². The molecule has 5 aliphatic rings. The zero-order valence-electron chi connectivity index (χ0n) is 39.6. The van der Waals surface area contributed by atoms with Gasteiger partial charge in [0.1, 0.15) is 17.7 Å². The number of benzene rings is 1. The molecular formula is C50H67N7O7S. The number of alkyl carbamates (subject to hydrolysis) is 1. The van der Waals surface area contributed by atoms with Crippen molar-refractivity contribution < 1.29 is 33.3 Å². The van der Waals surface area contributed by atoms with Crippen molar-refractivity contribution in [2.24, 2.45) is 5.41 Å². The van der Waals surface area contributed by atoms with Crippen LogP contribution in [0.15, 0.2) is 35.8 Å². The summed E-state index contributed by atoms with van der Waals surface area (Å²) in [5, 5.41) is 8.18. The van der Waals surface area contributed by atoms with Crippen LogP contribution in [0.4, 0.5) is 4.79 Å². The second-order valence-corrected chi connectivity index (χ2v) is 21.9. The smallest absolute Gasteiger partial charge is 0.408 e. The summed E-state index contributed by atoms with van der Waals surface area (Å²) in [6.45, 7) is 22.6. The molecule has 350 valence electrons. The molecule has 1 aromatic carbocycles. The second kappa shape index (κ2) is 18.0. The lowest BCUT2D eigenvalue weighted by molar-refractivity contribution is -0.159. The van der Waals surface area contributed by atoms with Gasteiger partial charge in [0.05, 0.1) is 61.2 Å². The van der Waals surface area contributed by atoms with Crippen LogP contribution in [0, 0.1) is 5.41 Å². The van der Waals surface area contributed by atoms with Crippen molar-refractivity contribution in [3.63, 3.8) is 0 Å². The van der Waals surface area contributed by atoms with Gasteiger partial charge >= 0.3 is 12.1 Å². The minimum absolute atomic E-state index is 0.171. The molecule has 5 aliphatic heterocycles. The van der Waals surface area contributed by atoms with E-state index >= 15 is 0 Å². The van der Waals surface area contributed by atoms with Gasteiger partial charge in [-0.05, 0) is 101 Å². The minimum atomic E-state index is -1.02. The Kier molecular flexibility index (Phi) is 12.7. The number of esters is 1. The first-order valence-electron chi connectivity index (χ1n) is 23.8. The lowest BCUT2D eigenvalue weighted by Gasteiger charge is -2.53. The first-order valence-corrected chi connectivity index (χ1v) is 24.6. The molecular weight excluding hydrogens is 843 g/mol. The maximum absolute atomic E-state index is 14.4. The molecule has 6 atom stereocenters. The lowest BCUT2D eigenvalue weighted by atomic mass is 9.79. The molecule has 0 saturated carbocycles. The molecule has 3 aromatic heterocycles. The Morgan fingerprint density at radius 1 is 1.06 bits per heavy atom. The highest BCUT2D eigenvalue weighted by Crippen LogP contribution is 2.45. The van der Waals surface area contributed by atoms with Crippen LogP contribution in [-0.4, -0.2) is 118 Å². The van der Waals surface area contributed by atoms with Crippen molar-refractivity contribution in [1.29, 1.82) is 0 Å². The molecule has 0 radical (unpaired) electrons. The van der Waals surface area contributed by atoms with Crippen LogP contribution in [0.2, 0.25) is 0 Å². The average Bonchev–Trinajstić information content (AvgIpc) is 3.85. The van der Waals surface area contributed by atoms with Crippen LogP contribution in [0.3, 0.4) is 0 Å². The van der Waals surface area contributed by atoms with Gasteiger partial charge in [0, 0.05) is 70.1 Å². The molecule has 0 aliphatic carbocycles. The molecule has 0 spiro atoms. The van der Waals surface area contributed by atoms with E-state index in [0.29, 0.717) is 54.9 Å². The number of carbonyl (C=O) groups is 3. The normalized spacial score (nSPS) is 26.7. The standard InChI is InChI=1S/C50H67N7O7S/c1-10-55-41-14-13-30-18-36(41)38(44(55)37-19-32(21-51-42(37)28(2)3)31-16-33-22-61-23-34(17-31)57(33)35-24-62-25-35)20-50(8,9)27-63-47(59)39-12-11-15-56(54-39)46(58)43(53-48(60)64-49(5,6)7)29(4)45-52-40(30)26-65-45/h13-14,18-19,21,26,28-29,31,33-35,39,43,54H,10-12,15-17,20,22-25,27H2,1-9H3,(H,53,60)/t29-,31-,33-,34+,39-,43-/m0/s1. The Morgan fingerprint density at radius 2 is 1.78 bits per heavy atom. The predicted octanol–water partition coefficient (Wildman–Crippen LogP) is 7.93. The minimum Gasteiger partial charge on any atom is -0.464 e. The van der Waals surface area contributed by atoms with Crippen molar-refractivity contribution >= 4 is 40.2 Å². The summed E-state index contributed by atoms with van der Waals surface area (Å²) < 4.78 is 26.0. The molecule has 65 heavy (non-hydrogen) atoms. The van der Waals surface area contributed by atoms with Crippen LogP contribution in [0.1, 0.15) is 128 Å². The fraction of sp³-hybridized carbons (Fsp3) is 0.620. The molecule has 9 rings (SSSR count). The van der Waals surface area contributed by atoms with Crippen LogP contribution < -0.4 is 10.7 Å². The van der Waals surface area contributed by atoms with E-state index in [-0.39, 0.29) is 18.4 Å². The highest BCUT2D eigenvalue weighted by atomic mass is 32.1. The van der Waals surface area contributed by atoms with Crippen molar-refractivity contribution in [2.45, 2.75) is 155 Å². The van der Waals surface area contributed by atoms with Gasteiger partial charge in [-0.3, -0.25) is 24.5 Å². The van der Waals surface area contributed by atoms with E-state index in [1.165, 1.54) is 27.5 Å². The van der Waals surface area contributed by atoms with Crippen LogP contribution in [0.5, 0.6) is 0 Å². The number of nitrogens with zero attached hydrogens (tertiary/aromatic N) is 5. The van der Waals surface area contributed by atoms with Gasteiger partial charge in [0.25, 0.3) is 5.91 Å². The summed E-state index contributed by atoms with van der Waals surface area (Å²) in [5.41, 5.74) is 10.6. The first kappa shape index (κ1) is 45.7. The molecule has 4 aromatic rings. The number of hydrogen-bond donors (Lipinski definition) is 2. The number of aromatic nitrogens is 3. The number of hydrazine groups is 1. The SMILES string of the molecule is CCn1c(-c2cc([C@H]3C[C@H]4COC[C@@H](C3)N4C3COC3)cnc2C(C)C)c2c3cc(ccc31)-c1csc(n1)[C@@H](C)[C@H](NC(=O)OC(C)(C)C)C(=O)N1CCC[C@H](N1)C(=O)OCC(C)(C)C2. The summed E-state index contributed by atoms with van der Waals surface area (Å²) in [4.78, 5) is 54.8. The topological polar surface area (TPSA) is 149 Å². The fourth-order valence-corrected chi connectivity index (χ4v) is 11.7. The van der Waals surface area contributed by atoms with E-state index in [0.717, 1.165) is 84.9 Å². The third kappa shape index (κ3) is 9.20. The molecule has 4 saturated heterocycles. The molecule has 15 heteroatoms. The number of nitrogens with one attached hydrogen (secondary N) is 2. The van der Waals surface area contributed by atoms with E-state index in [1.807, 2.05) is 12.3 Å². The second-order valence-electron chi connectivity index (χ2n) is 21.1. The summed E-state index contributed by atoms with van der Waals surface area (Å²) in [5.74, 6) is -0.769. The van der Waals surface area contributed by atoms with E-state index in [2.05, 4.69) is 85.3 Å². The number of pyridine rings is 1. The van der Waals surface area contributed by atoms with Crippen molar-refractivity contribution in [3.05, 3.63) is 57.7 Å². The van der Waals surface area contributed by atoms with Gasteiger partial charge in [-0.15, -0.1) is 11.3 Å². The number of carbonyl (C=O) groups excluding carboxylic acids is 3. The highest BCUT2D eigenvalue weighted by Gasteiger charge is 2.45. The monoisotopic (exact) mass is 909 g/mol. The maximum Gasteiger partial charge on any atom is 0.408 e. The Bertz CT molecular complexity index is 2420. The molecule has 0 unspecified atom stereocenters. The Morgan fingerprint density at radius 3 is 2.46 bits per heavy atom. The number of aryl methyl sites for hydroxylation is 1. The number of ether oxygens (including phenoxy) is 4. The number of fused-ring (bicyclic) bond motifs is 8.